The fourth-order valence-electron chi connectivity index (χ4n) is 1.39. The Labute approximate surface area is 89.6 Å². The molecule has 5 nitrogen and oxygen atoms in total. The zero-order valence-corrected chi connectivity index (χ0v) is 9.45. The summed E-state index contributed by atoms with van der Waals surface area (Å²) in [5.41, 5.74) is -0.682. The van der Waals surface area contributed by atoms with Gasteiger partial charge in [0.05, 0.1) is 26.9 Å². The average Bonchev–Trinajstić information content (AvgIpc) is 2.27. The molecule has 1 aliphatic rings. The van der Waals surface area contributed by atoms with Gasteiger partial charge in [-0.25, -0.2) is 0 Å². The number of carbonyl (C=O) groups is 1. The van der Waals surface area contributed by atoms with Crippen molar-refractivity contribution < 1.29 is 23.7 Å². The van der Waals surface area contributed by atoms with Crippen molar-refractivity contribution in [3.63, 3.8) is 0 Å². The molecule has 0 unspecified atom stereocenters. The molecule has 0 amide bonds. The molecule has 0 aromatic heterocycles. The molecule has 0 atom stereocenters. The lowest BCUT2D eigenvalue weighted by atomic mass is 9.92. The third kappa shape index (κ3) is 3.15. The first kappa shape index (κ1) is 12.4. The van der Waals surface area contributed by atoms with Crippen LogP contribution in [0.5, 0.6) is 0 Å². The number of rotatable bonds is 4. The van der Waals surface area contributed by atoms with Gasteiger partial charge in [0, 0.05) is 13.5 Å². The third-order valence-corrected chi connectivity index (χ3v) is 2.41. The van der Waals surface area contributed by atoms with E-state index in [9.17, 15) is 4.79 Å². The van der Waals surface area contributed by atoms with Crippen molar-refractivity contribution in [2.75, 3.05) is 34.0 Å². The van der Waals surface area contributed by atoms with Gasteiger partial charge in [-0.15, -0.1) is 0 Å². The van der Waals surface area contributed by atoms with E-state index >= 15 is 0 Å². The number of hydrogen-bond donors (Lipinski definition) is 0. The molecular weight excluding hydrogens is 200 g/mol. The normalized spacial score (nSPS) is 31.3. The first-order valence-electron chi connectivity index (χ1n) is 4.93. The van der Waals surface area contributed by atoms with Gasteiger partial charge in [0.25, 0.3) is 0 Å². The molecule has 88 valence electrons. The van der Waals surface area contributed by atoms with E-state index in [2.05, 4.69) is 4.74 Å². The van der Waals surface area contributed by atoms with Gasteiger partial charge in [0.2, 0.25) is 0 Å². The van der Waals surface area contributed by atoms with E-state index < -0.39 is 5.41 Å². The molecule has 1 fully saturated rings. The fraction of sp³-hybridized carbons (Fsp3) is 0.900. The van der Waals surface area contributed by atoms with Gasteiger partial charge in [-0.3, -0.25) is 4.79 Å². The SMILES string of the molecule is COCCC1OCC(C)(C(=O)OC)CO1. The minimum atomic E-state index is -0.682. The van der Waals surface area contributed by atoms with Crippen LogP contribution in [0, 0.1) is 5.41 Å². The van der Waals surface area contributed by atoms with E-state index in [-0.39, 0.29) is 12.3 Å². The molecule has 0 spiro atoms. The molecule has 0 bridgehead atoms. The highest BCUT2D eigenvalue weighted by Crippen LogP contribution is 2.26. The van der Waals surface area contributed by atoms with E-state index in [0.29, 0.717) is 26.2 Å². The van der Waals surface area contributed by atoms with Crippen molar-refractivity contribution in [2.24, 2.45) is 5.41 Å². The zero-order valence-electron chi connectivity index (χ0n) is 9.45. The minimum Gasteiger partial charge on any atom is -0.468 e. The number of ether oxygens (including phenoxy) is 4. The second-order valence-corrected chi connectivity index (χ2v) is 3.89. The molecule has 15 heavy (non-hydrogen) atoms. The van der Waals surface area contributed by atoms with Gasteiger partial charge in [0.15, 0.2) is 6.29 Å². The van der Waals surface area contributed by atoms with Crippen LogP contribution in [-0.2, 0) is 23.7 Å². The minimum absolute atomic E-state index is 0.275. The summed E-state index contributed by atoms with van der Waals surface area (Å²) in [6, 6.07) is 0. The van der Waals surface area contributed by atoms with Crippen LogP contribution >= 0.6 is 0 Å². The predicted octanol–water partition coefficient (Wildman–Crippen LogP) is 0.575. The Morgan fingerprint density at radius 1 is 1.40 bits per heavy atom. The van der Waals surface area contributed by atoms with Crippen LogP contribution in [0.2, 0.25) is 0 Å². The number of esters is 1. The maximum atomic E-state index is 11.4. The van der Waals surface area contributed by atoms with Crippen LogP contribution in [0.25, 0.3) is 0 Å². The van der Waals surface area contributed by atoms with Crippen LogP contribution in [0.3, 0.4) is 0 Å². The summed E-state index contributed by atoms with van der Waals surface area (Å²) in [6.07, 6.45) is 0.399. The highest BCUT2D eigenvalue weighted by Gasteiger charge is 2.40. The Balaban J connectivity index is 2.37. The molecule has 0 aliphatic carbocycles. The van der Waals surface area contributed by atoms with Crippen molar-refractivity contribution in [1.29, 1.82) is 0 Å². The summed E-state index contributed by atoms with van der Waals surface area (Å²) in [7, 11) is 2.99. The summed E-state index contributed by atoms with van der Waals surface area (Å²) in [4.78, 5) is 11.4. The largest absolute Gasteiger partial charge is 0.468 e. The third-order valence-electron chi connectivity index (χ3n) is 2.41. The Morgan fingerprint density at radius 2 is 2.00 bits per heavy atom. The Kier molecular flexibility index (Phi) is 4.50. The van der Waals surface area contributed by atoms with Crippen LogP contribution in [-0.4, -0.2) is 46.3 Å². The molecular formula is C10H18O5. The molecule has 1 heterocycles. The first-order chi connectivity index (χ1) is 7.12. The van der Waals surface area contributed by atoms with Crippen LogP contribution in [0.1, 0.15) is 13.3 Å². The van der Waals surface area contributed by atoms with E-state index in [1.165, 1.54) is 7.11 Å². The second kappa shape index (κ2) is 5.44. The number of methoxy groups -OCH3 is 2. The molecule has 0 radical (unpaired) electrons. The van der Waals surface area contributed by atoms with E-state index in [1.54, 1.807) is 14.0 Å². The summed E-state index contributed by atoms with van der Waals surface area (Å²) in [5.74, 6) is -0.298. The van der Waals surface area contributed by atoms with Gasteiger partial charge < -0.3 is 18.9 Å². The lowest BCUT2D eigenvalue weighted by molar-refractivity contribution is -0.235. The van der Waals surface area contributed by atoms with Gasteiger partial charge >= 0.3 is 5.97 Å². The second-order valence-electron chi connectivity index (χ2n) is 3.89. The summed E-state index contributed by atoms with van der Waals surface area (Å²) in [6.45, 7) is 3.01. The topological polar surface area (TPSA) is 54.0 Å². The molecule has 0 saturated carbocycles. The lowest BCUT2D eigenvalue weighted by Gasteiger charge is -2.34. The Hall–Kier alpha value is -0.650. The number of carbonyl (C=O) groups excluding carboxylic acids is 1. The molecule has 1 rings (SSSR count). The zero-order chi connectivity index (χ0) is 11.3. The van der Waals surface area contributed by atoms with Gasteiger partial charge in [-0.1, -0.05) is 0 Å². The van der Waals surface area contributed by atoms with Crippen molar-refractivity contribution >= 4 is 5.97 Å². The average molecular weight is 218 g/mol. The highest BCUT2D eigenvalue weighted by molar-refractivity contribution is 5.76. The predicted molar refractivity (Wildman–Crippen MR) is 52.3 cm³/mol. The molecule has 0 aromatic carbocycles. The van der Waals surface area contributed by atoms with Crippen LogP contribution in [0.15, 0.2) is 0 Å². The van der Waals surface area contributed by atoms with Gasteiger partial charge in [-0.05, 0) is 6.92 Å². The number of hydrogen-bond acceptors (Lipinski definition) is 5. The Morgan fingerprint density at radius 3 is 2.47 bits per heavy atom. The van der Waals surface area contributed by atoms with Crippen LogP contribution in [0.4, 0.5) is 0 Å². The molecule has 1 saturated heterocycles. The maximum Gasteiger partial charge on any atom is 0.316 e. The summed E-state index contributed by atoms with van der Waals surface area (Å²) in [5, 5.41) is 0. The fourth-order valence-corrected chi connectivity index (χ4v) is 1.39. The maximum absolute atomic E-state index is 11.4. The molecule has 1 aliphatic heterocycles. The van der Waals surface area contributed by atoms with E-state index in [4.69, 9.17) is 14.2 Å². The quantitative estimate of drug-likeness (QED) is 0.646. The van der Waals surface area contributed by atoms with Gasteiger partial charge in [0.1, 0.15) is 5.41 Å². The Bertz CT molecular complexity index is 208. The van der Waals surface area contributed by atoms with Crippen molar-refractivity contribution in [3.05, 3.63) is 0 Å². The van der Waals surface area contributed by atoms with Crippen molar-refractivity contribution in [3.8, 4) is 0 Å². The molecule has 0 N–H and O–H groups in total. The van der Waals surface area contributed by atoms with Crippen LogP contribution < -0.4 is 0 Å². The van der Waals surface area contributed by atoms with Gasteiger partial charge in [-0.2, -0.15) is 0 Å². The van der Waals surface area contributed by atoms with E-state index in [0.717, 1.165) is 0 Å². The van der Waals surface area contributed by atoms with Crippen molar-refractivity contribution in [1.82, 2.24) is 0 Å². The summed E-state index contributed by atoms with van der Waals surface area (Å²) >= 11 is 0. The highest BCUT2D eigenvalue weighted by atomic mass is 16.7. The molecule has 5 heteroatoms. The van der Waals surface area contributed by atoms with Crippen molar-refractivity contribution in [2.45, 2.75) is 19.6 Å². The smallest absolute Gasteiger partial charge is 0.316 e. The lowest BCUT2D eigenvalue weighted by Crippen LogP contribution is -2.45. The standard InChI is InChI=1S/C10H18O5/c1-10(9(11)13-3)6-14-8(15-7-10)4-5-12-2/h8H,4-7H2,1-3H3. The molecule has 0 aromatic rings. The monoisotopic (exact) mass is 218 g/mol. The summed E-state index contributed by atoms with van der Waals surface area (Å²) < 4.78 is 20.4. The van der Waals surface area contributed by atoms with E-state index in [1.807, 2.05) is 0 Å². The first-order valence-corrected chi connectivity index (χ1v) is 4.93.